The summed E-state index contributed by atoms with van der Waals surface area (Å²) >= 11 is 1.72. The van der Waals surface area contributed by atoms with Crippen LogP contribution < -0.4 is 9.46 Å². The molecule has 0 spiro atoms. The molecule has 0 saturated heterocycles. The molecular formula is C23H25NO3S2. The van der Waals surface area contributed by atoms with E-state index in [0.29, 0.717) is 17.9 Å². The molecule has 0 heterocycles. The number of methoxy groups -OCH3 is 1. The second-order valence-electron chi connectivity index (χ2n) is 6.69. The first-order valence-corrected chi connectivity index (χ1v) is 11.8. The standard InChI is InChI=1S/C23H25NO3S2/c1-18-8-14-22(15-9-18)29(25,26)24-17-16-23(19-6-4-3-5-7-19)28-21-12-10-20(27-2)11-13-21/h3-15,23-24H,16-17H2,1-2H3. The van der Waals surface area contributed by atoms with Crippen LogP contribution in [0.1, 0.15) is 22.8 Å². The van der Waals surface area contributed by atoms with Crippen molar-refractivity contribution in [2.45, 2.75) is 28.4 Å². The van der Waals surface area contributed by atoms with Gasteiger partial charge in [0.25, 0.3) is 0 Å². The summed E-state index contributed by atoms with van der Waals surface area (Å²) in [5, 5.41) is 0.130. The summed E-state index contributed by atoms with van der Waals surface area (Å²) in [5.41, 5.74) is 2.20. The van der Waals surface area contributed by atoms with Crippen molar-refractivity contribution in [1.29, 1.82) is 0 Å². The highest BCUT2D eigenvalue weighted by Gasteiger charge is 2.17. The zero-order valence-electron chi connectivity index (χ0n) is 16.5. The van der Waals surface area contributed by atoms with Crippen LogP contribution >= 0.6 is 11.8 Å². The predicted molar refractivity (Wildman–Crippen MR) is 119 cm³/mol. The number of rotatable bonds is 9. The van der Waals surface area contributed by atoms with Gasteiger partial charge in [-0.1, -0.05) is 48.0 Å². The molecule has 0 aliphatic rings. The van der Waals surface area contributed by atoms with Gasteiger partial charge in [-0.05, 0) is 55.3 Å². The fraction of sp³-hybridized carbons (Fsp3) is 0.217. The van der Waals surface area contributed by atoms with Crippen LogP contribution in [0.4, 0.5) is 0 Å². The smallest absolute Gasteiger partial charge is 0.240 e. The van der Waals surface area contributed by atoms with Crippen LogP contribution in [0.25, 0.3) is 0 Å². The van der Waals surface area contributed by atoms with Gasteiger partial charge in [-0.15, -0.1) is 11.8 Å². The van der Waals surface area contributed by atoms with Gasteiger partial charge in [0.15, 0.2) is 0 Å². The first-order chi connectivity index (χ1) is 14.0. The van der Waals surface area contributed by atoms with Gasteiger partial charge in [0.1, 0.15) is 5.75 Å². The molecule has 3 aromatic carbocycles. The van der Waals surface area contributed by atoms with Crippen LogP contribution in [-0.4, -0.2) is 22.1 Å². The van der Waals surface area contributed by atoms with E-state index in [1.54, 1.807) is 43.1 Å². The van der Waals surface area contributed by atoms with Crippen LogP contribution in [-0.2, 0) is 10.0 Å². The maximum Gasteiger partial charge on any atom is 0.240 e. The maximum absolute atomic E-state index is 12.6. The molecule has 0 amide bonds. The largest absolute Gasteiger partial charge is 0.497 e. The molecule has 1 atom stereocenters. The molecule has 1 unspecified atom stereocenters. The van der Waals surface area contributed by atoms with Gasteiger partial charge in [0.2, 0.25) is 10.0 Å². The Labute approximate surface area is 177 Å². The van der Waals surface area contributed by atoms with E-state index in [2.05, 4.69) is 16.9 Å². The van der Waals surface area contributed by atoms with Gasteiger partial charge < -0.3 is 4.74 Å². The minimum Gasteiger partial charge on any atom is -0.497 e. The van der Waals surface area contributed by atoms with Crippen LogP contribution in [0.2, 0.25) is 0 Å². The van der Waals surface area contributed by atoms with Crippen molar-refractivity contribution < 1.29 is 13.2 Å². The number of benzene rings is 3. The third kappa shape index (κ3) is 6.10. The van der Waals surface area contributed by atoms with Crippen molar-refractivity contribution in [2.75, 3.05) is 13.7 Å². The second kappa shape index (κ2) is 9.96. The normalized spacial score (nSPS) is 12.5. The molecule has 1 N–H and O–H groups in total. The van der Waals surface area contributed by atoms with Crippen molar-refractivity contribution in [3.05, 3.63) is 90.0 Å². The van der Waals surface area contributed by atoms with Crippen LogP contribution in [0.3, 0.4) is 0 Å². The fourth-order valence-electron chi connectivity index (χ4n) is 2.91. The molecule has 0 bridgehead atoms. The Morgan fingerprint density at radius 2 is 1.59 bits per heavy atom. The lowest BCUT2D eigenvalue weighted by Crippen LogP contribution is -2.25. The minimum absolute atomic E-state index is 0.130. The lowest BCUT2D eigenvalue weighted by atomic mass is 10.1. The minimum atomic E-state index is -3.51. The molecule has 29 heavy (non-hydrogen) atoms. The molecule has 4 nitrogen and oxygen atoms in total. The van der Waals surface area contributed by atoms with Crippen molar-refractivity contribution in [2.24, 2.45) is 0 Å². The molecule has 3 rings (SSSR count). The summed E-state index contributed by atoms with van der Waals surface area (Å²) in [5.74, 6) is 0.816. The van der Waals surface area contributed by atoms with E-state index in [-0.39, 0.29) is 5.25 Å². The summed E-state index contributed by atoms with van der Waals surface area (Å²) in [7, 11) is -1.86. The molecule has 6 heteroatoms. The highest BCUT2D eigenvalue weighted by molar-refractivity contribution is 7.99. The van der Waals surface area contributed by atoms with Gasteiger partial charge >= 0.3 is 0 Å². The second-order valence-corrected chi connectivity index (χ2v) is 9.74. The van der Waals surface area contributed by atoms with E-state index >= 15 is 0 Å². The molecule has 0 fully saturated rings. The SMILES string of the molecule is COc1ccc(SC(CCNS(=O)(=O)c2ccc(C)cc2)c2ccccc2)cc1. The van der Waals surface area contributed by atoms with E-state index in [9.17, 15) is 8.42 Å². The molecule has 0 aliphatic carbocycles. The number of nitrogens with one attached hydrogen (secondary N) is 1. The van der Waals surface area contributed by atoms with Crippen molar-refractivity contribution in [3.8, 4) is 5.75 Å². The Kier molecular flexibility index (Phi) is 7.36. The average Bonchev–Trinajstić information content (AvgIpc) is 2.74. The summed E-state index contributed by atoms with van der Waals surface area (Å²) in [6, 6.07) is 25.0. The zero-order chi connectivity index (χ0) is 20.7. The Morgan fingerprint density at radius 1 is 0.931 bits per heavy atom. The fourth-order valence-corrected chi connectivity index (χ4v) is 5.10. The Morgan fingerprint density at radius 3 is 2.21 bits per heavy atom. The number of sulfonamides is 1. The molecule has 3 aromatic rings. The first kappa shape index (κ1) is 21.4. The summed E-state index contributed by atoms with van der Waals surface area (Å²) < 4.78 is 33.1. The lowest BCUT2D eigenvalue weighted by Gasteiger charge is -2.18. The first-order valence-electron chi connectivity index (χ1n) is 9.40. The predicted octanol–water partition coefficient (Wildman–Crippen LogP) is 5.21. The van der Waals surface area contributed by atoms with E-state index in [1.807, 2.05) is 49.4 Å². The van der Waals surface area contributed by atoms with Gasteiger partial charge in [0, 0.05) is 16.7 Å². The van der Waals surface area contributed by atoms with E-state index < -0.39 is 10.0 Å². The van der Waals surface area contributed by atoms with Crippen LogP contribution in [0.5, 0.6) is 5.75 Å². The molecular weight excluding hydrogens is 402 g/mol. The molecule has 0 aromatic heterocycles. The monoisotopic (exact) mass is 427 g/mol. The molecule has 152 valence electrons. The maximum atomic E-state index is 12.6. The number of ether oxygens (including phenoxy) is 1. The van der Waals surface area contributed by atoms with E-state index in [4.69, 9.17) is 4.74 Å². The molecule has 0 saturated carbocycles. The topological polar surface area (TPSA) is 55.4 Å². The third-order valence-corrected chi connectivity index (χ3v) is 7.35. The van der Waals surface area contributed by atoms with Gasteiger partial charge in [-0.2, -0.15) is 0 Å². The third-order valence-electron chi connectivity index (χ3n) is 4.54. The van der Waals surface area contributed by atoms with E-state index in [0.717, 1.165) is 16.2 Å². The van der Waals surface area contributed by atoms with Gasteiger partial charge in [-0.25, -0.2) is 13.1 Å². The van der Waals surface area contributed by atoms with Crippen molar-refractivity contribution in [3.63, 3.8) is 0 Å². The quantitative estimate of drug-likeness (QED) is 0.477. The van der Waals surface area contributed by atoms with Crippen LogP contribution in [0, 0.1) is 6.92 Å². The summed E-state index contributed by atoms with van der Waals surface area (Å²) in [4.78, 5) is 1.41. The van der Waals surface area contributed by atoms with E-state index in [1.165, 1.54) is 5.56 Å². The number of hydrogen-bond donors (Lipinski definition) is 1. The highest BCUT2D eigenvalue weighted by Crippen LogP contribution is 2.38. The number of hydrogen-bond acceptors (Lipinski definition) is 4. The Bertz CT molecular complexity index is 1000. The summed E-state index contributed by atoms with van der Waals surface area (Å²) in [6.07, 6.45) is 0.672. The van der Waals surface area contributed by atoms with Gasteiger partial charge in [-0.3, -0.25) is 0 Å². The molecule has 0 aliphatic heterocycles. The Hall–Kier alpha value is -2.28. The van der Waals surface area contributed by atoms with Crippen molar-refractivity contribution in [1.82, 2.24) is 4.72 Å². The molecule has 0 radical (unpaired) electrons. The van der Waals surface area contributed by atoms with Crippen molar-refractivity contribution >= 4 is 21.8 Å². The number of aryl methyl sites for hydroxylation is 1. The van der Waals surface area contributed by atoms with Crippen LogP contribution in [0.15, 0.2) is 88.7 Å². The Balaban J connectivity index is 1.69. The zero-order valence-corrected chi connectivity index (χ0v) is 18.2. The highest BCUT2D eigenvalue weighted by atomic mass is 32.2. The van der Waals surface area contributed by atoms with Gasteiger partial charge in [0.05, 0.1) is 12.0 Å². The lowest BCUT2D eigenvalue weighted by molar-refractivity contribution is 0.414. The number of thioether (sulfide) groups is 1. The summed E-state index contributed by atoms with van der Waals surface area (Å²) in [6.45, 7) is 2.30. The average molecular weight is 428 g/mol.